The van der Waals surface area contributed by atoms with Gasteiger partial charge in [0.2, 0.25) is 0 Å². The molecule has 2 aromatic rings. The van der Waals surface area contributed by atoms with Crippen LogP contribution in [-0.2, 0) is 11.3 Å². The molecule has 3 nitrogen and oxygen atoms in total. The third-order valence-electron chi connectivity index (χ3n) is 4.10. The second-order valence-corrected chi connectivity index (χ2v) is 6.66. The monoisotopic (exact) mass is 315 g/mol. The lowest BCUT2D eigenvalue weighted by Gasteiger charge is -2.31. The summed E-state index contributed by atoms with van der Waals surface area (Å²) in [7, 11) is 0. The van der Waals surface area contributed by atoms with Crippen LogP contribution >= 0.6 is 11.3 Å². The van der Waals surface area contributed by atoms with E-state index >= 15 is 0 Å². The number of hydrogen-bond donors (Lipinski definition) is 0. The van der Waals surface area contributed by atoms with E-state index in [0.717, 1.165) is 37.4 Å². The van der Waals surface area contributed by atoms with E-state index in [0.29, 0.717) is 12.5 Å². The highest BCUT2D eigenvalue weighted by Crippen LogP contribution is 2.21. The summed E-state index contributed by atoms with van der Waals surface area (Å²) in [6.45, 7) is 3.15. The summed E-state index contributed by atoms with van der Waals surface area (Å²) in [5.74, 6) is 0.745. The molecule has 116 valence electrons. The topological polar surface area (TPSA) is 29.5 Å². The van der Waals surface area contributed by atoms with E-state index in [1.807, 2.05) is 40.6 Å². The maximum absolute atomic E-state index is 12.3. The van der Waals surface area contributed by atoms with Crippen molar-refractivity contribution in [3.63, 3.8) is 0 Å². The van der Waals surface area contributed by atoms with E-state index < -0.39 is 0 Å². The zero-order valence-corrected chi connectivity index (χ0v) is 13.4. The van der Waals surface area contributed by atoms with Gasteiger partial charge in [-0.05, 0) is 35.8 Å². The zero-order chi connectivity index (χ0) is 15.2. The number of amides is 1. The molecule has 0 unspecified atom stereocenters. The van der Waals surface area contributed by atoms with E-state index in [9.17, 15) is 4.79 Å². The van der Waals surface area contributed by atoms with Crippen LogP contribution < -0.4 is 0 Å². The highest BCUT2D eigenvalue weighted by atomic mass is 32.1. The Morgan fingerprint density at radius 2 is 1.91 bits per heavy atom. The SMILES string of the molecule is O=C(c1cccs1)N1CCC(COCc2ccccc2)CC1. The molecule has 0 aliphatic carbocycles. The van der Waals surface area contributed by atoms with Gasteiger partial charge in [-0.15, -0.1) is 11.3 Å². The molecule has 0 bridgehead atoms. The minimum absolute atomic E-state index is 0.179. The van der Waals surface area contributed by atoms with Gasteiger partial charge in [-0.3, -0.25) is 4.79 Å². The van der Waals surface area contributed by atoms with E-state index in [1.165, 1.54) is 16.9 Å². The van der Waals surface area contributed by atoms with Gasteiger partial charge in [0, 0.05) is 19.7 Å². The Morgan fingerprint density at radius 3 is 2.59 bits per heavy atom. The van der Waals surface area contributed by atoms with Gasteiger partial charge >= 0.3 is 0 Å². The average molecular weight is 315 g/mol. The fourth-order valence-electron chi connectivity index (χ4n) is 2.78. The van der Waals surface area contributed by atoms with Crippen molar-refractivity contribution in [2.24, 2.45) is 5.92 Å². The molecular weight excluding hydrogens is 294 g/mol. The molecule has 0 radical (unpaired) electrons. The maximum Gasteiger partial charge on any atom is 0.263 e. The van der Waals surface area contributed by atoms with Crippen LogP contribution in [0.25, 0.3) is 0 Å². The second-order valence-electron chi connectivity index (χ2n) is 5.71. The van der Waals surface area contributed by atoms with E-state index in [4.69, 9.17) is 4.74 Å². The van der Waals surface area contributed by atoms with Crippen LogP contribution in [0.2, 0.25) is 0 Å². The summed E-state index contributed by atoms with van der Waals surface area (Å²) in [6, 6.07) is 14.1. The number of carbonyl (C=O) groups excluding carboxylic acids is 1. The number of rotatable bonds is 5. The second kappa shape index (κ2) is 7.56. The van der Waals surface area contributed by atoms with Crippen molar-refractivity contribution >= 4 is 17.2 Å². The lowest BCUT2D eigenvalue weighted by Crippen LogP contribution is -2.39. The molecular formula is C18H21NO2S. The highest BCUT2D eigenvalue weighted by Gasteiger charge is 2.24. The molecule has 0 atom stereocenters. The first-order valence-corrected chi connectivity index (χ1v) is 8.65. The Morgan fingerprint density at radius 1 is 1.14 bits per heavy atom. The van der Waals surface area contributed by atoms with Crippen molar-refractivity contribution < 1.29 is 9.53 Å². The zero-order valence-electron chi connectivity index (χ0n) is 12.6. The molecule has 1 saturated heterocycles. The summed E-state index contributed by atoms with van der Waals surface area (Å²) in [6.07, 6.45) is 2.07. The number of carbonyl (C=O) groups is 1. The Balaban J connectivity index is 1.39. The van der Waals surface area contributed by atoms with Crippen molar-refractivity contribution in [2.45, 2.75) is 19.4 Å². The number of piperidine rings is 1. The normalized spacial score (nSPS) is 15.9. The number of benzene rings is 1. The molecule has 2 heterocycles. The molecule has 0 saturated carbocycles. The Hall–Kier alpha value is -1.65. The van der Waals surface area contributed by atoms with E-state index in [2.05, 4.69) is 12.1 Å². The molecule has 0 spiro atoms. The fraction of sp³-hybridized carbons (Fsp3) is 0.389. The first-order chi connectivity index (χ1) is 10.8. The largest absolute Gasteiger partial charge is 0.376 e. The van der Waals surface area contributed by atoms with Gasteiger partial charge in [-0.25, -0.2) is 0 Å². The molecule has 4 heteroatoms. The van der Waals surface area contributed by atoms with Crippen LogP contribution in [0.1, 0.15) is 28.1 Å². The minimum atomic E-state index is 0.179. The minimum Gasteiger partial charge on any atom is -0.376 e. The third kappa shape index (κ3) is 3.96. The van der Waals surface area contributed by atoms with E-state index in [1.54, 1.807) is 0 Å². The molecule has 1 aliphatic rings. The summed E-state index contributed by atoms with van der Waals surface area (Å²) >= 11 is 1.52. The van der Waals surface area contributed by atoms with Gasteiger partial charge in [0.1, 0.15) is 0 Å². The first-order valence-electron chi connectivity index (χ1n) is 7.77. The molecule has 1 aliphatic heterocycles. The van der Waals surface area contributed by atoms with Crippen molar-refractivity contribution in [1.82, 2.24) is 4.90 Å². The molecule has 1 aromatic carbocycles. The Kier molecular flexibility index (Phi) is 5.24. The van der Waals surface area contributed by atoms with Gasteiger partial charge in [-0.2, -0.15) is 0 Å². The van der Waals surface area contributed by atoms with Crippen molar-refractivity contribution in [1.29, 1.82) is 0 Å². The molecule has 3 rings (SSSR count). The predicted molar refractivity (Wildman–Crippen MR) is 89.0 cm³/mol. The van der Waals surface area contributed by atoms with Gasteiger partial charge in [0.15, 0.2) is 0 Å². The van der Waals surface area contributed by atoms with E-state index in [-0.39, 0.29) is 5.91 Å². The predicted octanol–water partition coefficient (Wildman–Crippen LogP) is 3.82. The molecule has 22 heavy (non-hydrogen) atoms. The Labute approximate surface area is 135 Å². The van der Waals surface area contributed by atoms with Gasteiger partial charge < -0.3 is 9.64 Å². The van der Waals surface area contributed by atoms with Crippen molar-refractivity contribution in [3.05, 3.63) is 58.3 Å². The molecule has 0 N–H and O–H groups in total. The summed E-state index contributed by atoms with van der Waals surface area (Å²) in [5, 5.41) is 1.96. The van der Waals surface area contributed by atoms with Crippen LogP contribution in [-0.4, -0.2) is 30.5 Å². The lowest BCUT2D eigenvalue weighted by atomic mass is 9.97. The first kappa shape index (κ1) is 15.3. The van der Waals surface area contributed by atoms with Crippen LogP contribution in [0.3, 0.4) is 0 Å². The standard InChI is InChI=1S/C18H21NO2S/c20-18(17-7-4-12-22-17)19-10-8-16(9-11-19)14-21-13-15-5-2-1-3-6-15/h1-7,12,16H,8-11,13-14H2. The molecule has 1 amide bonds. The van der Waals surface area contributed by atoms with Gasteiger partial charge in [-0.1, -0.05) is 36.4 Å². The summed E-state index contributed by atoms with van der Waals surface area (Å²) in [4.78, 5) is 15.1. The van der Waals surface area contributed by atoms with Crippen LogP contribution in [0.4, 0.5) is 0 Å². The smallest absolute Gasteiger partial charge is 0.263 e. The third-order valence-corrected chi connectivity index (χ3v) is 4.96. The van der Waals surface area contributed by atoms with Gasteiger partial charge in [0.25, 0.3) is 5.91 Å². The quantitative estimate of drug-likeness (QED) is 0.839. The van der Waals surface area contributed by atoms with Gasteiger partial charge in [0.05, 0.1) is 11.5 Å². The molecule has 1 aromatic heterocycles. The summed E-state index contributed by atoms with van der Waals surface area (Å²) < 4.78 is 5.83. The number of likely N-dealkylation sites (tertiary alicyclic amines) is 1. The summed E-state index contributed by atoms with van der Waals surface area (Å²) in [5.41, 5.74) is 1.22. The van der Waals surface area contributed by atoms with Crippen molar-refractivity contribution in [3.8, 4) is 0 Å². The lowest BCUT2D eigenvalue weighted by molar-refractivity contribution is 0.0481. The number of hydrogen-bond acceptors (Lipinski definition) is 3. The average Bonchev–Trinajstić information content (AvgIpc) is 3.10. The number of ether oxygens (including phenoxy) is 1. The fourth-order valence-corrected chi connectivity index (χ4v) is 3.47. The number of thiophene rings is 1. The highest BCUT2D eigenvalue weighted by molar-refractivity contribution is 7.12. The maximum atomic E-state index is 12.3. The number of nitrogens with zero attached hydrogens (tertiary/aromatic N) is 1. The van der Waals surface area contributed by atoms with Crippen LogP contribution in [0.15, 0.2) is 47.8 Å². The van der Waals surface area contributed by atoms with Crippen LogP contribution in [0.5, 0.6) is 0 Å². The Bertz CT molecular complexity index is 574. The van der Waals surface area contributed by atoms with Crippen molar-refractivity contribution in [2.75, 3.05) is 19.7 Å². The van der Waals surface area contributed by atoms with Crippen LogP contribution in [0, 0.1) is 5.92 Å². The molecule has 1 fully saturated rings.